The highest BCUT2D eigenvalue weighted by atomic mass is 32.2. The van der Waals surface area contributed by atoms with Gasteiger partial charge in [0.25, 0.3) is 11.8 Å². The molecule has 0 radical (unpaired) electrons. The number of carbonyl (C=O) groups is 3. The number of methoxy groups -OCH3 is 1. The Kier molecular flexibility index (Phi) is 7.96. The van der Waals surface area contributed by atoms with Crippen LogP contribution in [0.15, 0.2) is 36.4 Å². The fourth-order valence-electron chi connectivity index (χ4n) is 4.84. The minimum atomic E-state index is -1.31. The summed E-state index contributed by atoms with van der Waals surface area (Å²) in [6.07, 6.45) is 4.71. The van der Waals surface area contributed by atoms with Gasteiger partial charge in [0, 0.05) is 27.7 Å². The number of hydrogen-bond acceptors (Lipinski definition) is 7. The number of benzene rings is 1. The molecule has 9 nitrogen and oxygen atoms in total. The van der Waals surface area contributed by atoms with E-state index in [1.165, 1.54) is 42.6 Å². The molecule has 0 spiro atoms. The molecule has 200 valence electrons. The molecule has 1 aliphatic rings. The fraction of sp³-hybridized carbons (Fsp3) is 0.370. The summed E-state index contributed by atoms with van der Waals surface area (Å²) < 4.78 is 6.47. The number of amides is 2. The summed E-state index contributed by atoms with van der Waals surface area (Å²) in [5.74, 6) is -1.14. The van der Waals surface area contributed by atoms with Crippen molar-refractivity contribution < 1.29 is 24.2 Å². The van der Waals surface area contributed by atoms with E-state index >= 15 is 0 Å². The van der Waals surface area contributed by atoms with E-state index in [1.807, 2.05) is 18.2 Å². The van der Waals surface area contributed by atoms with Gasteiger partial charge in [-0.05, 0) is 69.0 Å². The SMILES string of the molecule is COc1c(C(=O)NC(CNC(=O)c2cc3cc(CCC4CCNCC4)sc3s2)C(=O)O)[nH]c2ccccc12. The lowest BCUT2D eigenvalue weighted by Gasteiger charge is -2.22. The second kappa shape index (κ2) is 11.5. The standard InChI is InChI=1S/C27H30N4O5S2/c1-36-23-18-4-2-3-5-19(18)30-22(23)25(33)31-20(26(34)35)14-29-24(32)21-13-16-12-17(37-27(16)38-21)7-6-15-8-10-28-11-9-15/h2-5,12-13,15,20,28,30H,6-11,14H2,1H3,(H,29,32)(H,31,33)(H,34,35). The van der Waals surface area contributed by atoms with Gasteiger partial charge >= 0.3 is 5.97 Å². The smallest absolute Gasteiger partial charge is 0.328 e. The molecule has 38 heavy (non-hydrogen) atoms. The van der Waals surface area contributed by atoms with Gasteiger partial charge in [0.15, 0.2) is 5.75 Å². The second-order valence-corrected chi connectivity index (χ2v) is 11.9. The van der Waals surface area contributed by atoms with Gasteiger partial charge in [0.1, 0.15) is 11.7 Å². The Morgan fingerprint density at radius 1 is 1.13 bits per heavy atom. The number of carbonyl (C=O) groups excluding carboxylic acids is 2. The summed E-state index contributed by atoms with van der Waals surface area (Å²) in [6, 6.07) is 9.94. The van der Waals surface area contributed by atoms with E-state index in [2.05, 4.69) is 27.0 Å². The number of thiophene rings is 2. The van der Waals surface area contributed by atoms with Crippen molar-refractivity contribution in [2.24, 2.45) is 5.92 Å². The van der Waals surface area contributed by atoms with Crippen molar-refractivity contribution in [3.8, 4) is 5.75 Å². The number of H-pyrrole nitrogens is 1. The first-order chi connectivity index (χ1) is 18.4. The van der Waals surface area contributed by atoms with Crippen LogP contribution in [0, 0.1) is 5.92 Å². The number of piperidine rings is 1. The zero-order chi connectivity index (χ0) is 26.6. The van der Waals surface area contributed by atoms with Gasteiger partial charge in [-0.3, -0.25) is 9.59 Å². The van der Waals surface area contributed by atoms with Crippen LogP contribution in [-0.4, -0.2) is 60.7 Å². The summed E-state index contributed by atoms with van der Waals surface area (Å²) in [5.41, 5.74) is 0.822. The third kappa shape index (κ3) is 5.69. The number of nitrogens with one attached hydrogen (secondary N) is 4. The van der Waals surface area contributed by atoms with Crippen molar-refractivity contribution in [2.45, 2.75) is 31.7 Å². The number of hydrogen-bond donors (Lipinski definition) is 5. The van der Waals surface area contributed by atoms with Gasteiger partial charge in [-0.15, -0.1) is 22.7 Å². The van der Waals surface area contributed by atoms with Crippen LogP contribution < -0.4 is 20.7 Å². The van der Waals surface area contributed by atoms with Crippen LogP contribution in [0.5, 0.6) is 5.75 Å². The number of aromatic nitrogens is 1. The van der Waals surface area contributed by atoms with Crippen LogP contribution in [0.3, 0.4) is 0 Å². The molecule has 5 N–H and O–H groups in total. The number of ether oxygens (including phenoxy) is 1. The molecule has 0 saturated carbocycles. The maximum absolute atomic E-state index is 12.9. The quantitative estimate of drug-likeness (QED) is 0.201. The molecular weight excluding hydrogens is 524 g/mol. The van der Waals surface area contributed by atoms with Crippen LogP contribution in [-0.2, 0) is 11.2 Å². The number of aromatic amines is 1. The third-order valence-corrected chi connectivity index (χ3v) is 9.36. The normalized spacial score (nSPS) is 15.0. The fourth-order valence-corrected chi connectivity index (χ4v) is 7.27. The maximum atomic E-state index is 12.9. The molecule has 0 bridgehead atoms. The summed E-state index contributed by atoms with van der Waals surface area (Å²) in [7, 11) is 1.45. The van der Waals surface area contributed by atoms with Gasteiger partial charge in [-0.2, -0.15) is 0 Å². The van der Waals surface area contributed by atoms with Gasteiger partial charge in [0.05, 0.1) is 16.0 Å². The van der Waals surface area contributed by atoms with Crippen molar-refractivity contribution >= 4 is 60.8 Å². The van der Waals surface area contributed by atoms with Gasteiger partial charge in [-0.1, -0.05) is 12.1 Å². The number of para-hydroxylation sites is 1. The van der Waals surface area contributed by atoms with E-state index in [1.54, 1.807) is 23.5 Å². The Hall–Kier alpha value is -3.41. The van der Waals surface area contributed by atoms with Crippen LogP contribution in [0.2, 0.25) is 0 Å². The topological polar surface area (TPSA) is 133 Å². The molecule has 1 unspecified atom stereocenters. The molecular formula is C27H30N4O5S2. The molecule has 4 heterocycles. The zero-order valence-corrected chi connectivity index (χ0v) is 22.6. The van der Waals surface area contributed by atoms with Crippen LogP contribution in [0.4, 0.5) is 0 Å². The predicted molar refractivity (Wildman–Crippen MR) is 150 cm³/mol. The van der Waals surface area contributed by atoms with E-state index in [0.717, 1.165) is 34.8 Å². The molecule has 1 aromatic carbocycles. The Morgan fingerprint density at radius 3 is 2.66 bits per heavy atom. The first kappa shape index (κ1) is 26.2. The van der Waals surface area contributed by atoms with Crippen molar-refractivity contribution in [3.05, 3.63) is 51.8 Å². The van der Waals surface area contributed by atoms with Gasteiger partial charge in [0.2, 0.25) is 0 Å². The van der Waals surface area contributed by atoms with E-state index in [0.29, 0.717) is 21.5 Å². The number of carboxylic acid groups (broad SMARTS) is 1. The van der Waals surface area contributed by atoms with Crippen molar-refractivity contribution in [1.82, 2.24) is 20.9 Å². The molecule has 4 aromatic rings. The monoisotopic (exact) mass is 554 g/mol. The number of aliphatic carboxylic acids is 1. The Morgan fingerprint density at radius 2 is 1.92 bits per heavy atom. The number of fused-ring (bicyclic) bond motifs is 2. The molecule has 0 aliphatic carbocycles. The summed E-state index contributed by atoms with van der Waals surface area (Å²) in [6.45, 7) is 1.95. The first-order valence-corrected chi connectivity index (χ1v) is 14.3. The minimum Gasteiger partial charge on any atom is -0.494 e. The largest absolute Gasteiger partial charge is 0.494 e. The van der Waals surface area contributed by atoms with Crippen molar-refractivity contribution in [2.75, 3.05) is 26.7 Å². The zero-order valence-electron chi connectivity index (χ0n) is 21.0. The lowest BCUT2D eigenvalue weighted by Crippen LogP contribution is -2.48. The van der Waals surface area contributed by atoms with Crippen molar-refractivity contribution in [3.63, 3.8) is 0 Å². The molecule has 5 rings (SSSR count). The van der Waals surface area contributed by atoms with E-state index < -0.39 is 17.9 Å². The molecule has 3 aromatic heterocycles. The average molecular weight is 555 g/mol. The summed E-state index contributed by atoms with van der Waals surface area (Å²) in [4.78, 5) is 42.4. The molecule has 1 fully saturated rings. The molecule has 1 atom stereocenters. The number of carboxylic acids is 1. The maximum Gasteiger partial charge on any atom is 0.328 e. The minimum absolute atomic E-state index is 0.126. The lowest BCUT2D eigenvalue weighted by atomic mass is 9.93. The molecule has 11 heteroatoms. The van der Waals surface area contributed by atoms with Gasteiger partial charge < -0.3 is 30.8 Å². The second-order valence-electron chi connectivity index (χ2n) is 9.45. The Balaban J connectivity index is 1.19. The molecule has 1 saturated heterocycles. The average Bonchev–Trinajstić information content (AvgIpc) is 3.61. The lowest BCUT2D eigenvalue weighted by molar-refractivity contribution is -0.139. The molecule has 1 aliphatic heterocycles. The highest BCUT2D eigenvalue weighted by Gasteiger charge is 2.26. The van der Waals surface area contributed by atoms with Crippen LogP contribution >= 0.6 is 22.7 Å². The van der Waals surface area contributed by atoms with Gasteiger partial charge in [-0.25, -0.2) is 4.79 Å². The summed E-state index contributed by atoms with van der Waals surface area (Å²) in [5, 5.41) is 20.0. The number of aryl methyl sites for hydroxylation is 1. The first-order valence-electron chi connectivity index (χ1n) is 12.6. The Labute approximate surface area is 227 Å². The van der Waals surface area contributed by atoms with E-state index in [-0.39, 0.29) is 18.1 Å². The van der Waals surface area contributed by atoms with E-state index in [4.69, 9.17) is 4.74 Å². The van der Waals surface area contributed by atoms with Crippen LogP contribution in [0.1, 0.15) is 44.3 Å². The summed E-state index contributed by atoms with van der Waals surface area (Å²) >= 11 is 3.13. The molecule has 2 amide bonds. The predicted octanol–water partition coefficient (Wildman–Crippen LogP) is 4.00. The number of rotatable bonds is 10. The Bertz CT molecular complexity index is 1440. The van der Waals surface area contributed by atoms with Crippen molar-refractivity contribution in [1.29, 1.82) is 0 Å². The highest BCUT2D eigenvalue weighted by Crippen LogP contribution is 2.35. The third-order valence-electron chi connectivity index (χ3n) is 6.91. The van der Waals surface area contributed by atoms with Crippen LogP contribution in [0.25, 0.3) is 20.3 Å². The van der Waals surface area contributed by atoms with E-state index in [9.17, 15) is 19.5 Å². The highest BCUT2D eigenvalue weighted by molar-refractivity contribution is 7.39.